The molecule has 0 saturated carbocycles. The van der Waals surface area contributed by atoms with Crippen molar-refractivity contribution in [2.24, 2.45) is 0 Å². The van der Waals surface area contributed by atoms with Gasteiger partial charge in [0.1, 0.15) is 0 Å². The van der Waals surface area contributed by atoms with Crippen LogP contribution < -0.4 is 16.0 Å². The lowest BCUT2D eigenvalue weighted by atomic mass is 10.2. The van der Waals surface area contributed by atoms with Crippen LogP contribution in [0.15, 0.2) is 29.6 Å². The molecule has 0 saturated heterocycles. The van der Waals surface area contributed by atoms with Gasteiger partial charge < -0.3 is 16.0 Å². The van der Waals surface area contributed by atoms with E-state index in [0.717, 1.165) is 17.1 Å². The Morgan fingerprint density at radius 2 is 1.77 bits per heavy atom. The molecule has 3 amide bonds. The van der Waals surface area contributed by atoms with Crippen molar-refractivity contribution in [2.75, 3.05) is 17.7 Å². The Morgan fingerprint density at radius 3 is 2.32 bits per heavy atom. The van der Waals surface area contributed by atoms with Gasteiger partial charge in [-0.1, -0.05) is 6.92 Å². The standard InChI is InChI=1S/C15H18N4O2S/c1-3-14-18-12(9-22-14)8-13(20)17-10-4-6-11(7-5-10)19-15(21)16-2/h4-7,9H,3,8H2,1-2H3,(H,17,20)(H2,16,19,21). The fraction of sp³-hybridized carbons (Fsp3) is 0.267. The third kappa shape index (κ3) is 4.56. The summed E-state index contributed by atoms with van der Waals surface area (Å²) >= 11 is 1.57. The maximum Gasteiger partial charge on any atom is 0.318 e. The Hall–Kier alpha value is -2.41. The first-order valence-electron chi connectivity index (χ1n) is 6.92. The van der Waals surface area contributed by atoms with E-state index in [1.54, 1.807) is 42.6 Å². The molecule has 22 heavy (non-hydrogen) atoms. The average molecular weight is 318 g/mol. The maximum atomic E-state index is 12.0. The highest BCUT2D eigenvalue weighted by Crippen LogP contribution is 2.15. The number of carbonyl (C=O) groups excluding carboxylic acids is 2. The first-order valence-corrected chi connectivity index (χ1v) is 7.80. The zero-order valence-corrected chi connectivity index (χ0v) is 13.3. The molecule has 0 atom stereocenters. The highest BCUT2D eigenvalue weighted by molar-refractivity contribution is 7.09. The second-order valence-electron chi connectivity index (χ2n) is 4.59. The predicted molar refractivity (Wildman–Crippen MR) is 88.3 cm³/mol. The number of aryl methyl sites for hydroxylation is 1. The minimum atomic E-state index is -0.285. The molecule has 2 aromatic rings. The zero-order valence-electron chi connectivity index (χ0n) is 12.5. The molecule has 0 aliphatic heterocycles. The number of nitrogens with one attached hydrogen (secondary N) is 3. The average Bonchev–Trinajstić information content (AvgIpc) is 2.96. The third-order valence-corrected chi connectivity index (χ3v) is 3.94. The van der Waals surface area contributed by atoms with Crippen LogP contribution >= 0.6 is 11.3 Å². The summed E-state index contributed by atoms with van der Waals surface area (Å²) in [5.41, 5.74) is 2.13. The van der Waals surface area contributed by atoms with Crippen molar-refractivity contribution in [3.63, 3.8) is 0 Å². The van der Waals surface area contributed by atoms with Crippen LogP contribution in [0.1, 0.15) is 17.6 Å². The van der Waals surface area contributed by atoms with E-state index in [9.17, 15) is 9.59 Å². The molecule has 3 N–H and O–H groups in total. The number of hydrogen-bond acceptors (Lipinski definition) is 4. The minimum Gasteiger partial charge on any atom is -0.341 e. The van der Waals surface area contributed by atoms with Gasteiger partial charge in [-0.3, -0.25) is 4.79 Å². The smallest absolute Gasteiger partial charge is 0.318 e. The van der Waals surface area contributed by atoms with Gasteiger partial charge in [0.25, 0.3) is 0 Å². The van der Waals surface area contributed by atoms with E-state index in [1.807, 2.05) is 12.3 Å². The fourth-order valence-electron chi connectivity index (χ4n) is 1.79. The van der Waals surface area contributed by atoms with E-state index in [1.165, 1.54) is 0 Å². The van der Waals surface area contributed by atoms with E-state index in [2.05, 4.69) is 20.9 Å². The van der Waals surface area contributed by atoms with Gasteiger partial charge in [0.15, 0.2) is 0 Å². The van der Waals surface area contributed by atoms with Crippen molar-refractivity contribution in [2.45, 2.75) is 19.8 Å². The number of benzene rings is 1. The van der Waals surface area contributed by atoms with Gasteiger partial charge in [0.2, 0.25) is 5.91 Å². The molecule has 0 fully saturated rings. The van der Waals surface area contributed by atoms with Crippen molar-refractivity contribution in [1.82, 2.24) is 10.3 Å². The van der Waals surface area contributed by atoms with Crippen molar-refractivity contribution in [3.05, 3.63) is 40.3 Å². The van der Waals surface area contributed by atoms with E-state index in [-0.39, 0.29) is 18.4 Å². The number of rotatable bonds is 5. The molecule has 116 valence electrons. The number of anilines is 2. The molecule has 2 rings (SSSR count). The summed E-state index contributed by atoms with van der Waals surface area (Å²) in [6, 6.07) is 6.64. The molecule has 1 aromatic carbocycles. The van der Waals surface area contributed by atoms with Crippen molar-refractivity contribution in [3.8, 4) is 0 Å². The molecule has 0 aliphatic rings. The Morgan fingerprint density at radius 1 is 1.14 bits per heavy atom. The van der Waals surface area contributed by atoms with Crippen LogP contribution in [0.5, 0.6) is 0 Å². The fourth-order valence-corrected chi connectivity index (χ4v) is 2.54. The lowest BCUT2D eigenvalue weighted by Gasteiger charge is -2.07. The number of aromatic nitrogens is 1. The molecule has 0 bridgehead atoms. The number of hydrogen-bond donors (Lipinski definition) is 3. The molecule has 0 aliphatic carbocycles. The van der Waals surface area contributed by atoms with Crippen LogP contribution in [0.25, 0.3) is 0 Å². The SMILES string of the molecule is CCc1nc(CC(=O)Nc2ccc(NC(=O)NC)cc2)cs1. The van der Waals surface area contributed by atoms with Gasteiger partial charge in [-0.15, -0.1) is 11.3 Å². The van der Waals surface area contributed by atoms with Crippen LogP contribution in [-0.4, -0.2) is 24.0 Å². The lowest BCUT2D eigenvalue weighted by molar-refractivity contribution is -0.115. The molecule has 7 heteroatoms. The van der Waals surface area contributed by atoms with Crippen LogP contribution in [0.3, 0.4) is 0 Å². The van der Waals surface area contributed by atoms with Gasteiger partial charge >= 0.3 is 6.03 Å². The van der Waals surface area contributed by atoms with Crippen molar-refractivity contribution >= 4 is 34.6 Å². The molecular formula is C15H18N4O2S. The normalized spacial score (nSPS) is 10.1. The van der Waals surface area contributed by atoms with Crippen molar-refractivity contribution in [1.29, 1.82) is 0 Å². The molecule has 0 radical (unpaired) electrons. The highest BCUT2D eigenvalue weighted by atomic mass is 32.1. The number of carbonyl (C=O) groups is 2. The quantitative estimate of drug-likeness (QED) is 0.792. The van der Waals surface area contributed by atoms with Crippen LogP contribution in [-0.2, 0) is 17.6 Å². The summed E-state index contributed by atoms with van der Waals surface area (Å²) < 4.78 is 0. The van der Waals surface area contributed by atoms with Crippen LogP contribution in [0.4, 0.5) is 16.2 Å². The summed E-state index contributed by atoms with van der Waals surface area (Å²) in [6.07, 6.45) is 1.14. The van der Waals surface area contributed by atoms with Gasteiger partial charge in [0.05, 0.1) is 17.1 Å². The second-order valence-corrected chi connectivity index (χ2v) is 5.54. The van der Waals surface area contributed by atoms with Crippen molar-refractivity contribution < 1.29 is 9.59 Å². The largest absolute Gasteiger partial charge is 0.341 e. The summed E-state index contributed by atoms with van der Waals surface area (Å²) in [7, 11) is 1.55. The Balaban J connectivity index is 1.89. The van der Waals surface area contributed by atoms with Gasteiger partial charge in [-0.25, -0.2) is 9.78 Å². The first-order chi connectivity index (χ1) is 10.6. The summed E-state index contributed by atoms with van der Waals surface area (Å²) in [5.74, 6) is -0.111. The number of thiazole rings is 1. The minimum absolute atomic E-state index is 0.111. The Bertz CT molecular complexity index is 652. The monoisotopic (exact) mass is 318 g/mol. The van der Waals surface area contributed by atoms with Gasteiger partial charge in [0, 0.05) is 23.8 Å². The number of urea groups is 1. The third-order valence-electron chi connectivity index (χ3n) is 2.90. The molecule has 6 nitrogen and oxygen atoms in total. The molecule has 0 spiro atoms. The molecule has 1 heterocycles. The van der Waals surface area contributed by atoms with E-state index in [4.69, 9.17) is 0 Å². The molecule has 1 aromatic heterocycles. The summed E-state index contributed by atoms with van der Waals surface area (Å²) in [5, 5.41) is 10.9. The Labute approximate surface area is 133 Å². The summed E-state index contributed by atoms with van der Waals surface area (Å²) in [6.45, 7) is 2.04. The zero-order chi connectivity index (χ0) is 15.9. The number of amides is 3. The van der Waals surface area contributed by atoms with E-state index < -0.39 is 0 Å². The van der Waals surface area contributed by atoms with Gasteiger partial charge in [-0.2, -0.15) is 0 Å². The highest BCUT2D eigenvalue weighted by Gasteiger charge is 2.08. The predicted octanol–water partition coefficient (Wildman–Crippen LogP) is 2.64. The lowest BCUT2D eigenvalue weighted by Crippen LogP contribution is -2.24. The van der Waals surface area contributed by atoms with E-state index in [0.29, 0.717) is 11.4 Å². The molecule has 0 unspecified atom stereocenters. The van der Waals surface area contributed by atoms with Gasteiger partial charge in [-0.05, 0) is 30.7 Å². The summed E-state index contributed by atoms with van der Waals surface area (Å²) in [4.78, 5) is 27.5. The second kappa shape index (κ2) is 7.56. The number of nitrogens with zero attached hydrogens (tertiary/aromatic N) is 1. The van der Waals surface area contributed by atoms with Crippen LogP contribution in [0.2, 0.25) is 0 Å². The first kappa shape index (κ1) is 16.0. The topological polar surface area (TPSA) is 83.1 Å². The Kier molecular flexibility index (Phi) is 5.48. The van der Waals surface area contributed by atoms with Crippen LogP contribution in [0, 0.1) is 0 Å². The molecular weight excluding hydrogens is 300 g/mol. The maximum absolute atomic E-state index is 12.0. The van der Waals surface area contributed by atoms with E-state index >= 15 is 0 Å².